The van der Waals surface area contributed by atoms with Gasteiger partial charge in [-0.1, -0.05) is 19.8 Å². The van der Waals surface area contributed by atoms with Gasteiger partial charge < -0.3 is 20.5 Å². The molecule has 0 aliphatic carbocycles. The smallest absolute Gasteiger partial charge is 0.249 e. The Bertz CT molecular complexity index is 274. The molecule has 6 heteroatoms. The lowest BCUT2D eigenvalue weighted by Gasteiger charge is -2.25. The van der Waals surface area contributed by atoms with Crippen molar-refractivity contribution in [3.05, 3.63) is 0 Å². The van der Waals surface area contributed by atoms with Crippen molar-refractivity contribution in [1.29, 1.82) is 0 Å². The number of halogens is 1. The van der Waals surface area contributed by atoms with Gasteiger partial charge in [0.15, 0.2) is 0 Å². The molecule has 1 saturated heterocycles. The van der Waals surface area contributed by atoms with Gasteiger partial charge in [0.1, 0.15) is 6.10 Å². The third kappa shape index (κ3) is 8.61. The van der Waals surface area contributed by atoms with E-state index in [1.165, 1.54) is 6.42 Å². The zero-order chi connectivity index (χ0) is 14.8. The Morgan fingerprint density at radius 3 is 2.81 bits per heavy atom. The average Bonchev–Trinajstić information content (AvgIpc) is 2.49. The number of carbonyl (C=O) groups excluding carboxylic acids is 1. The van der Waals surface area contributed by atoms with Gasteiger partial charge in [0.05, 0.1) is 12.7 Å². The number of hydrogen-bond donors (Lipinski definition) is 2. The molecule has 1 aliphatic rings. The molecule has 1 aliphatic heterocycles. The molecule has 3 unspecified atom stereocenters. The Morgan fingerprint density at radius 2 is 2.24 bits per heavy atom. The molecule has 0 aromatic heterocycles. The van der Waals surface area contributed by atoms with Crippen molar-refractivity contribution < 1.29 is 14.3 Å². The van der Waals surface area contributed by atoms with Crippen LogP contribution in [0.4, 0.5) is 0 Å². The lowest BCUT2D eigenvalue weighted by Crippen LogP contribution is -2.45. The van der Waals surface area contributed by atoms with Crippen molar-refractivity contribution >= 4 is 18.3 Å². The number of rotatable bonds is 9. The number of unbranched alkanes of at least 4 members (excludes halogenated alkanes) is 1. The van der Waals surface area contributed by atoms with Crippen LogP contribution in [0.2, 0.25) is 0 Å². The summed E-state index contributed by atoms with van der Waals surface area (Å²) in [5.41, 5.74) is 5.68. The molecule has 1 rings (SSSR count). The lowest BCUT2D eigenvalue weighted by molar-refractivity contribution is -0.136. The molecule has 5 nitrogen and oxygen atoms in total. The highest BCUT2D eigenvalue weighted by Crippen LogP contribution is 2.13. The minimum atomic E-state index is -0.448. The highest BCUT2D eigenvalue weighted by Gasteiger charge is 2.20. The Labute approximate surface area is 134 Å². The molecule has 0 bridgehead atoms. The van der Waals surface area contributed by atoms with Crippen molar-refractivity contribution in [2.75, 3.05) is 19.8 Å². The monoisotopic (exact) mass is 322 g/mol. The summed E-state index contributed by atoms with van der Waals surface area (Å²) in [6.07, 6.45) is 6.14. The molecule has 0 radical (unpaired) electrons. The summed E-state index contributed by atoms with van der Waals surface area (Å²) in [5.74, 6) is -0.0765. The summed E-state index contributed by atoms with van der Waals surface area (Å²) in [5, 5.41) is 2.96. The van der Waals surface area contributed by atoms with E-state index in [9.17, 15) is 4.79 Å². The van der Waals surface area contributed by atoms with Gasteiger partial charge in [0.25, 0.3) is 0 Å². The summed E-state index contributed by atoms with van der Waals surface area (Å²) in [4.78, 5) is 12.0. The highest BCUT2D eigenvalue weighted by atomic mass is 35.5. The molecule has 0 aromatic rings. The van der Waals surface area contributed by atoms with E-state index in [-0.39, 0.29) is 30.5 Å². The molecule has 3 N–H and O–H groups in total. The summed E-state index contributed by atoms with van der Waals surface area (Å²) >= 11 is 0. The maximum Gasteiger partial charge on any atom is 0.249 e. The number of nitrogens with one attached hydrogen (secondary N) is 1. The first-order valence-electron chi connectivity index (χ1n) is 7.91. The fourth-order valence-corrected chi connectivity index (χ4v) is 2.28. The van der Waals surface area contributed by atoms with Crippen molar-refractivity contribution in [3.63, 3.8) is 0 Å². The summed E-state index contributed by atoms with van der Waals surface area (Å²) in [6, 6.07) is 0.0550. The van der Waals surface area contributed by atoms with Gasteiger partial charge in [-0.2, -0.15) is 0 Å². The molecular formula is C15H31ClN2O3. The first-order valence-corrected chi connectivity index (χ1v) is 7.91. The average molecular weight is 323 g/mol. The summed E-state index contributed by atoms with van der Waals surface area (Å²) in [6.45, 7) is 5.69. The molecular weight excluding hydrogens is 292 g/mol. The second kappa shape index (κ2) is 12.2. The molecule has 3 atom stereocenters. The first-order chi connectivity index (χ1) is 9.67. The van der Waals surface area contributed by atoms with Crippen molar-refractivity contribution in [3.8, 4) is 0 Å². The van der Waals surface area contributed by atoms with Gasteiger partial charge in [-0.25, -0.2) is 0 Å². The molecule has 0 saturated carbocycles. The zero-order valence-electron chi connectivity index (χ0n) is 13.3. The van der Waals surface area contributed by atoms with Crippen LogP contribution < -0.4 is 11.1 Å². The van der Waals surface area contributed by atoms with E-state index in [1.54, 1.807) is 6.92 Å². The number of hydrogen-bond acceptors (Lipinski definition) is 4. The van der Waals surface area contributed by atoms with E-state index in [0.29, 0.717) is 13.2 Å². The van der Waals surface area contributed by atoms with Crippen LogP contribution in [0.25, 0.3) is 0 Å². The Morgan fingerprint density at radius 1 is 1.48 bits per heavy atom. The van der Waals surface area contributed by atoms with Gasteiger partial charge in [-0.15, -0.1) is 12.4 Å². The second-order valence-electron chi connectivity index (χ2n) is 5.55. The van der Waals surface area contributed by atoms with Crippen LogP contribution in [-0.2, 0) is 14.3 Å². The van der Waals surface area contributed by atoms with Crippen LogP contribution in [0, 0.1) is 0 Å². The van der Waals surface area contributed by atoms with Crippen molar-refractivity contribution in [2.24, 2.45) is 5.73 Å². The quantitative estimate of drug-likeness (QED) is 0.681. The molecule has 1 fully saturated rings. The van der Waals surface area contributed by atoms with Crippen molar-refractivity contribution in [1.82, 2.24) is 5.32 Å². The van der Waals surface area contributed by atoms with E-state index >= 15 is 0 Å². The number of amides is 1. The van der Waals surface area contributed by atoms with Gasteiger partial charge in [-0.3, -0.25) is 4.79 Å². The SMILES string of the molecule is CCCCC(CN)NC(=O)C(C)OCC1CCCCO1.Cl. The zero-order valence-corrected chi connectivity index (χ0v) is 14.1. The number of carbonyl (C=O) groups is 1. The summed E-state index contributed by atoms with van der Waals surface area (Å²) < 4.78 is 11.2. The Kier molecular flexibility index (Phi) is 12.0. The van der Waals surface area contributed by atoms with Crippen molar-refractivity contribution in [2.45, 2.75) is 70.6 Å². The van der Waals surface area contributed by atoms with Crippen LogP contribution in [0.1, 0.15) is 52.4 Å². The predicted molar refractivity (Wildman–Crippen MR) is 86.8 cm³/mol. The standard InChI is InChI=1S/C15H30N2O3.ClH/c1-3-4-7-13(10-16)17-15(18)12(2)20-11-14-8-5-6-9-19-14;/h12-14H,3-11,16H2,1-2H3,(H,17,18);1H. The fourth-order valence-electron chi connectivity index (χ4n) is 2.28. The second-order valence-corrected chi connectivity index (χ2v) is 5.55. The maximum absolute atomic E-state index is 12.0. The van der Waals surface area contributed by atoms with E-state index in [2.05, 4.69) is 12.2 Å². The molecule has 1 amide bonds. The number of nitrogens with two attached hydrogens (primary N) is 1. The van der Waals surface area contributed by atoms with E-state index < -0.39 is 6.10 Å². The van der Waals surface area contributed by atoms with Crippen LogP contribution in [0.15, 0.2) is 0 Å². The van der Waals surface area contributed by atoms with E-state index in [4.69, 9.17) is 15.2 Å². The van der Waals surface area contributed by atoms with E-state index in [0.717, 1.165) is 38.7 Å². The third-order valence-corrected chi connectivity index (χ3v) is 3.71. The van der Waals surface area contributed by atoms with Gasteiger partial charge in [0.2, 0.25) is 5.91 Å². The largest absolute Gasteiger partial charge is 0.376 e. The summed E-state index contributed by atoms with van der Waals surface area (Å²) in [7, 11) is 0. The predicted octanol–water partition coefficient (Wildman–Crippen LogP) is 2.02. The molecule has 126 valence electrons. The van der Waals surface area contributed by atoms with E-state index in [1.807, 2.05) is 0 Å². The Balaban J connectivity index is 0.00000400. The lowest BCUT2D eigenvalue weighted by atomic mass is 10.1. The fraction of sp³-hybridized carbons (Fsp3) is 0.933. The van der Waals surface area contributed by atoms with Crippen LogP contribution in [-0.4, -0.2) is 43.9 Å². The Hall–Kier alpha value is -0.360. The van der Waals surface area contributed by atoms with Gasteiger partial charge in [0, 0.05) is 19.2 Å². The normalized spacial score (nSPS) is 21.2. The molecule has 1 heterocycles. The van der Waals surface area contributed by atoms with Crippen LogP contribution in [0.5, 0.6) is 0 Å². The minimum absolute atomic E-state index is 0. The first kappa shape index (κ1) is 20.6. The minimum Gasteiger partial charge on any atom is -0.376 e. The third-order valence-electron chi connectivity index (χ3n) is 3.71. The highest BCUT2D eigenvalue weighted by molar-refractivity contribution is 5.85. The molecule has 0 aromatic carbocycles. The maximum atomic E-state index is 12.0. The topological polar surface area (TPSA) is 73.6 Å². The molecule has 0 spiro atoms. The molecule has 21 heavy (non-hydrogen) atoms. The van der Waals surface area contributed by atoms with Gasteiger partial charge >= 0.3 is 0 Å². The van der Waals surface area contributed by atoms with Crippen LogP contribution in [0.3, 0.4) is 0 Å². The van der Waals surface area contributed by atoms with Gasteiger partial charge in [-0.05, 0) is 32.6 Å². The number of ether oxygens (including phenoxy) is 2. The van der Waals surface area contributed by atoms with Crippen LogP contribution >= 0.6 is 12.4 Å².